The third-order valence-corrected chi connectivity index (χ3v) is 4.99. The van der Waals surface area contributed by atoms with Crippen LogP contribution < -0.4 is 5.32 Å². The predicted octanol–water partition coefficient (Wildman–Crippen LogP) is 1.29. The summed E-state index contributed by atoms with van der Waals surface area (Å²) in [5.74, 6) is -2.57. The number of benzene rings is 1. The molecular formula is C10H10BrClFNO5S2. The molecule has 0 heterocycles. The molecule has 0 aliphatic rings. The van der Waals surface area contributed by atoms with Crippen LogP contribution in [-0.4, -0.2) is 41.3 Å². The van der Waals surface area contributed by atoms with E-state index in [1.54, 1.807) is 0 Å². The Hall–Kier alpha value is -0.710. The van der Waals surface area contributed by atoms with Gasteiger partial charge in [0.05, 0.1) is 11.3 Å². The Morgan fingerprint density at radius 3 is 2.38 bits per heavy atom. The number of nitrogens with one attached hydrogen (secondary N) is 1. The fourth-order valence-electron chi connectivity index (χ4n) is 1.35. The van der Waals surface area contributed by atoms with Gasteiger partial charge in [-0.25, -0.2) is 21.2 Å². The Balaban J connectivity index is 3.08. The van der Waals surface area contributed by atoms with Crippen molar-refractivity contribution in [3.63, 3.8) is 0 Å². The first-order valence-electron chi connectivity index (χ1n) is 5.31. The highest BCUT2D eigenvalue weighted by Crippen LogP contribution is 2.26. The number of rotatable bonds is 5. The molecule has 1 aromatic carbocycles. The number of halogens is 3. The summed E-state index contributed by atoms with van der Waals surface area (Å²) in [5.41, 5.74) is -0.558. The van der Waals surface area contributed by atoms with Crippen LogP contribution in [0, 0.1) is 5.82 Å². The molecule has 118 valence electrons. The maximum absolute atomic E-state index is 14.0. The molecule has 0 spiro atoms. The maximum atomic E-state index is 14.0. The molecule has 0 radical (unpaired) electrons. The van der Waals surface area contributed by atoms with Crippen molar-refractivity contribution >= 4 is 51.4 Å². The van der Waals surface area contributed by atoms with Gasteiger partial charge in [-0.05, 0) is 12.1 Å². The first kappa shape index (κ1) is 18.3. The predicted molar refractivity (Wildman–Crippen MR) is 79.2 cm³/mol. The molecule has 0 aromatic heterocycles. The van der Waals surface area contributed by atoms with Crippen molar-refractivity contribution in [1.82, 2.24) is 5.32 Å². The number of sulfone groups is 1. The van der Waals surface area contributed by atoms with Crippen molar-refractivity contribution in [1.29, 1.82) is 0 Å². The lowest BCUT2D eigenvalue weighted by molar-refractivity contribution is 0.0951. The second-order valence-electron chi connectivity index (χ2n) is 4.09. The minimum Gasteiger partial charge on any atom is -0.351 e. The van der Waals surface area contributed by atoms with E-state index in [0.29, 0.717) is 0 Å². The van der Waals surface area contributed by atoms with Crippen LogP contribution in [0.2, 0.25) is 0 Å². The van der Waals surface area contributed by atoms with Crippen LogP contribution in [0.4, 0.5) is 4.39 Å². The summed E-state index contributed by atoms with van der Waals surface area (Å²) in [6.45, 7) is -0.230. The standard InChI is InChI=1S/C10H10BrClFNO5S2/c1-20(16,17)3-2-14-10(15)7-4-6(11)5-8(9(7)13)21(12,18)19/h4-5H,2-3H2,1H3,(H,14,15). The largest absolute Gasteiger partial charge is 0.351 e. The Labute approximate surface area is 134 Å². The van der Waals surface area contributed by atoms with Gasteiger partial charge < -0.3 is 5.32 Å². The average Bonchev–Trinajstić information content (AvgIpc) is 2.28. The van der Waals surface area contributed by atoms with E-state index in [1.165, 1.54) is 0 Å². The second kappa shape index (κ2) is 6.59. The van der Waals surface area contributed by atoms with E-state index >= 15 is 0 Å². The summed E-state index contributed by atoms with van der Waals surface area (Å²) < 4.78 is 58.4. The Morgan fingerprint density at radius 2 is 1.90 bits per heavy atom. The van der Waals surface area contributed by atoms with E-state index in [0.717, 1.165) is 18.4 Å². The van der Waals surface area contributed by atoms with E-state index < -0.39 is 41.1 Å². The van der Waals surface area contributed by atoms with Gasteiger partial charge >= 0.3 is 0 Å². The first-order valence-corrected chi connectivity index (χ1v) is 10.5. The van der Waals surface area contributed by atoms with Crippen molar-refractivity contribution in [2.24, 2.45) is 0 Å². The molecule has 0 saturated heterocycles. The number of hydrogen-bond donors (Lipinski definition) is 1. The van der Waals surface area contributed by atoms with Crippen LogP contribution in [0.3, 0.4) is 0 Å². The van der Waals surface area contributed by atoms with Crippen LogP contribution in [0.1, 0.15) is 10.4 Å². The molecule has 0 aliphatic carbocycles. The number of carbonyl (C=O) groups is 1. The van der Waals surface area contributed by atoms with Crippen molar-refractivity contribution in [3.8, 4) is 0 Å². The van der Waals surface area contributed by atoms with Gasteiger partial charge in [0.1, 0.15) is 14.7 Å². The lowest BCUT2D eigenvalue weighted by atomic mass is 10.2. The fourth-order valence-corrected chi connectivity index (χ4v) is 3.36. The lowest BCUT2D eigenvalue weighted by Crippen LogP contribution is -2.29. The number of amides is 1. The average molecular weight is 423 g/mol. The van der Waals surface area contributed by atoms with Crippen molar-refractivity contribution in [2.75, 3.05) is 18.6 Å². The van der Waals surface area contributed by atoms with E-state index in [4.69, 9.17) is 10.7 Å². The van der Waals surface area contributed by atoms with Crippen LogP contribution in [0.25, 0.3) is 0 Å². The summed E-state index contributed by atoms with van der Waals surface area (Å²) in [6, 6.07) is 1.99. The lowest BCUT2D eigenvalue weighted by Gasteiger charge is -2.08. The summed E-state index contributed by atoms with van der Waals surface area (Å²) >= 11 is 2.94. The Kier molecular flexibility index (Phi) is 5.76. The molecule has 0 bridgehead atoms. The minimum absolute atomic E-state index is 0.136. The molecule has 1 amide bonds. The summed E-state index contributed by atoms with van der Waals surface area (Å²) in [7, 11) is -2.57. The molecule has 1 aromatic rings. The minimum atomic E-state index is -4.36. The zero-order valence-electron chi connectivity index (χ0n) is 10.6. The van der Waals surface area contributed by atoms with Gasteiger partial charge in [-0.1, -0.05) is 15.9 Å². The molecule has 0 aliphatic heterocycles. The van der Waals surface area contributed by atoms with E-state index in [1.807, 2.05) is 0 Å². The van der Waals surface area contributed by atoms with Crippen LogP contribution in [0.15, 0.2) is 21.5 Å². The fraction of sp³-hybridized carbons (Fsp3) is 0.300. The molecule has 1 rings (SSSR count). The molecule has 21 heavy (non-hydrogen) atoms. The normalized spacial score (nSPS) is 12.2. The topological polar surface area (TPSA) is 97.4 Å². The van der Waals surface area contributed by atoms with E-state index in [9.17, 15) is 26.0 Å². The van der Waals surface area contributed by atoms with Crippen molar-refractivity contribution in [2.45, 2.75) is 4.90 Å². The molecular weight excluding hydrogens is 413 g/mol. The Morgan fingerprint density at radius 1 is 1.33 bits per heavy atom. The zero-order chi connectivity index (χ0) is 16.4. The summed E-state index contributed by atoms with van der Waals surface area (Å²) in [6.07, 6.45) is 0.983. The van der Waals surface area contributed by atoms with Crippen molar-refractivity contribution < 1.29 is 26.0 Å². The third-order valence-electron chi connectivity index (χ3n) is 2.27. The highest BCUT2D eigenvalue weighted by atomic mass is 79.9. The van der Waals surface area contributed by atoms with Crippen LogP contribution >= 0.6 is 26.6 Å². The SMILES string of the molecule is CS(=O)(=O)CCNC(=O)c1cc(Br)cc(S(=O)(=O)Cl)c1F. The molecule has 0 fully saturated rings. The van der Waals surface area contributed by atoms with Gasteiger partial charge in [0.2, 0.25) is 0 Å². The Bertz CT molecular complexity index is 779. The first-order chi connectivity index (χ1) is 9.42. The molecule has 11 heteroatoms. The summed E-state index contributed by atoms with van der Waals surface area (Å²) in [4.78, 5) is 10.9. The van der Waals surface area contributed by atoms with Gasteiger partial charge in [0, 0.05) is 28.0 Å². The quantitative estimate of drug-likeness (QED) is 0.721. The molecule has 0 saturated carbocycles. The molecule has 6 nitrogen and oxygen atoms in total. The van der Waals surface area contributed by atoms with Gasteiger partial charge in [-0.2, -0.15) is 0 Å². The number of hydrogen-bond acceptors (Lipinski definition) is 5. The van der Waals surface area contributed by atoms with Crippen LogP contribution in [-0.2, 0) is 18.9 Å². The van der Waals surface area contributed by atoms with Gasteiger partial charge in [0.15, 0.2) is 5.82 Å². The van der Waals surface area contributed by atoms with Crippen molar-refractivity contribution in [3.05, 3.63) is 28.0 Å². The molecule has 0 atom stereocenters. The van der Waals surface area contributed by atoms with Crippen LogP contribution in [0.5, 0.6) is 0 Å². The third kappa shape index (κ3) is 5.53. The highest BCUT2D eigenvalue weighted by Gasteiger charge is 2.23. The summed E-state index contributed by atoms with van der Waals surface area (Å²) in [5, 5.41) is 2.19. The second-order valence-corrected chi connectivity index (χ2v) is 9.80. The highest BCUT2D eigenvalue weighted by molar-refractivity contribution is 9.10. The smallest absolute Gasteiger partial charge is 0.264 e. The van der Waals surface area contributed by atoms with E-state index in [2.05, 4.69) is 21.2 Å². The maximum Gasteiger partial charge on any atom is 0.264 e. The van der Waals surface area contributed by atoms with Gasteiger partial charge in [-0.3, -0.25) is 4.79 Å². The molecule has 0 unspecified atom stereocenters. The number of carbonyl (C=O) groups excluding carboxylic acids is 1. The monoisotopic (exact) mass is 421 g/mol. The molecule has 1 N–H and O–H groups in total. The van der Waals surface area contributed by atoms with Gasteiger partial charge in [0.25, 0.3) is 15.0 Å². The zero-order valence-corrected chi connectivity index (χ0v) is 14.5. The van der Waals surface area contributed by atoms with E-state index in [-0.39, 0.29) is 16.8 Å². The van der Waals surface area contributed by atoms with Gasteiger partial charge in [-0.15, -0.1) is 0 Å².